The van der Waals surface area contributed by atoms with Gasteiger partial charge >= 0.3 is 5.97 Å². The Morgan fingerprint density at radius 2 is 1.75 bits per heavy atom. The Morgan fingerprint density at radius 1 is 1.10 bits per heavy atom. The highest BCUT2D eigenvalue weighted by Gasteiger charge is 2.27. The number of amidine groups is 1. The molecule has 4 rings (SSSR count). The van der Waals surface area contributed by atoms with Gasteiger partial charge in [-0.2, -0.15) is 0 Å². The number of aryl methyl sites for hydroxylation is 2. The van der Waals surface area contributed by atoms with Crippen molar-refractivity contribution in [1.29, 1.82) is 5.41 Å². The first-order valence-electron chi connectivity index (χ1n) is 12.3. The fourth-order valence-corrected chi connectivity index (χ4v) is 5.41. The summed E-state index contributed by atoms with van der Waals surface area (Å²) in [6.07, 6.45) is -0.0404. The number of hydrogen-bond donors (Lipinski definition) is 3. The van der Waals surface area contributed by atoms with E-state index >= 15 is 0 Å². The highest BCUT2D eigenvalue weighted by Crippen LogP contribution is 2.32. The predicted molar refractivity (Wildman–Crippen MR) is 153 cm³/mol. The van der Waals surface area contributed by atoms with Gasteiger partial charge < -0.3 is 20.4 Å². The van der Waals surface area contributed by atoms with Gasteiger partial charge in [0, 0.05) is 31.8 Å². The van der Waals surface area contributed by atoms with Crippen LogP contribution >= 0.6 is 0 Å². The SMILES string of the molecule is COC(=O)CCNC(=O)c1cc2nc(-c3ccc(C(=N)N)cc3)n(C)c2cc1N(C)S(=O)(=O)c1ccc(C)cc1. The van der Waals surface area contributed by atoms with Gasteiger partial charge in [-0.25, -0.2) is 13.4 Å². The molecule has 0 atom stereocenters. The number of nitrogens with one attached hydrogen (secondary N) is 2. The summed E-state index contributed by atoms with van der Waals surface area (Å²) in [4.78, 5) is 29.6. The zero-order chi connectivity index (χ0) is 29.2. The molecule has 0 radical (unpaired) electrons. The number of carbonyl (C=O) groups is 2. The van der Waals surface area contributed by atoms with Crippen LogP contribution in [0.15, 0.2) is 65.6 Å². The minimum absolute atomic E-state index is 0.00732. The van der Waals surface area contributed by atoms with Crippen LogP contribution in [0, 0.1) is 12.3 Å². The van der Waals surface area contributed by atoms with Crippen LogP contribution in [0.5, 0.6) is 0 Å². The summed E-state index contributed by atoms with van der Waals surface area (Å²) in [5.41, 5.74) is 9.08. The average molecular weight is 563 g/mol. The lowest BCUT2D eigenvalue weighted by molar-refractivity contribution is -0.140. The van der Waals surface area contributed by atoms with E-state index in [2.05, 4.69) is 10.1 Å². The number of carbonyl (C=O) groups excluding carboxylic acids is 2. The molecule has 1 amide bonds. The number of esters is 1. The number of sulfonamides is 1. The number of ether oxygens (including phenoxy) is 1. The number of aromatic nitrogens is 2. The number of benzene rings is 3. The fourth-order valence-electron chi connectivity index (χ4n) is 4.20. The standard InChI is InChI=1S/C28H30N6O5S/c1-17-5-11-20(12-6-17)40(37,38)34(3)23-16-24-22(15-21(23)28(36)31-14-13-25(35)39-4)32-27(33(24)2)19-9-7-18(8-10-19)26(29)30/h5-12,15-16H,13-14H2,1-4H3,(H3,29,30)(H,31,36). The number of rotatable bonds is 9. The van der Waals surface area contributed by atoms with E-state index in [1.807, 2.05) is 6.92 Å². The Morgan fingerprint density at radius 3 is 2.35 bits per heavy atom. The maximum absolute atomic E-state index is 13.6. The van der Waals surface area contributed by atoms with Crippen molar-refractivity contribution < 1.29 is 22.7 Å². The summed E-state index contributed by atoms with van der Waals surface area (Å²) < 4.78 is 34.7. The zero-order valence-electron chi connectivity index (χ0n) is 22.6. The first-order valence-corrected chi connectivity index (χ1v) is 13.7. The second-order valence-corrected chi connectivity index (χ2v) is 11.2. The number of amides is 1. The van der Waals surface area contributed by atoms with Gasteiger partial charge in [0.1, 0.15) is 11.7 Å². The molecule has 1 heterocycles. The van der Waals surface area contributed by atoms with Crippen LogP contribution in [0.2, 0.25) is 0 Å². The molecule has 208 valence electrons. The lowest BCUT2D eigenvalue weighted by Gasteiger charge is -2.22. The van der Waals surface area contributed by atoms with Crippen LogP contribution in [0.25, 0.3) is 22.4 Å². The number of hydrogen-bond acceptors (Lipinski definition) is 7. The number of anilines is 1. The van der Waals surface area contributed by atoms with E-state index < -0.39 is 21.9 Å². The second-order valence-electron chi connectivity index (χ2n) is 9.21. The van der Waals surface area contributed by atoms with Gasteiger partial charge in [-0.3, -0.25) is 19.3 Å². The first-order chi connectivity index (χ1) is 18.9. The average Bonchev–Trinajstić information content (AvgIpc) is 3.27. The molecule has 3 aromatic carbocycles. The van der Waals surface area contributed by atoms with Gasteiger partial charge in [0.15, 0.2) is 0 Å². The Hall–Kier alpha value is -4.71. The molecule has 0 saturated heterocycles. The largest absolute Gasteiger partial charge is 0.469 e. The third kappa shape index (κ3) is 5.52. The maximum Gasteiger partial charge on any atom is 0.307 e. The third-order valence-corrected chi connectivity index (χ3v) is 8.34. The van der Waals surface area contributed by atoms with Crippen molar-refractivity contribution >= 4 is 44.5 Å². The molecule has 0 aliphatic rings. The highest BCUT2D eigenvalue weighted by molar-refractivity contribution is 7.92. The number of fused-ring (bicyclic) bond motifs is 1. The monoisotopic (exact) mass is 562 g/mol. The number of methoxy groups -OCH3 is 1. The van der Waals surface area contributed by atoms with Gasteiger partial charge in [-0.15, -0.1) is 0 Å². The van der Waals surface area contributed by atoms with Crippen LogP contribution in [0.1, 0.15) is 27.9 Å². The first kappa shape index (κ1) is 28.3. The molecule has 0 bridgehead atoms. The van der Waals surface area contributed by atoms with E-state index in [0.717, 1.165) is 15.4 Å². The van der Waals surface area contributed by atoms with Gasteiger partial charge in [0.25, 0.3) is 15.9 Å². The predicted octanol–water partition coefficient (Wildman–Crippen LogP) is 2.95. The highest BCUT2D eigenvalue weighted by atomic mass is 32.2. The van der Waals surface area contributed by atoms with E-state index in [4.69, 9.17) is 16.1 Å². The van der Waals surface area contributed by atoms with Crippen molar-refractivity contribution in [2.75, 3.05) is 25.0 Å². The molecular formula is C28H30N6O5S. The lowest BCUT2D eigenvalue weighted by atomic mass is 10.1. The summed E-state index contributed by atoms with van der Waals surface area (Å²) in [5, 5.41) is 10.3. The molecule has 0 aliphatic carbocycles. The van der Waals surface area contributed by atoms with Crippen molar-refractivity contribution in [1.82, 2.24) is 14.9 Å². The Kier molecular flexibility index (Phi) is 7.91. The minimum atomic E-state index is -4.02. The normalized spacial score (nSPS) is 11.3. The van der Waals surface area contributed by atoms with Crippen LogP contribution in [0.4, 0.5) is 5.69 Å². The molecular weight excluding hydrogens is 532 g/mol. The molecule has 40 heavy (non-hydrogen) atoms. The lowest BCUT2D eigenvalue weighted by Crippen LogP contribution is -2.31. The molecule has 12 heteroatoms. The topological polar surface area (TPSA) is 160 Å². The summed E-state index contributed by atoms with van der Waals surface area (Å²) in [6, 6.07) is 16.6. The molecule has 0 spiro atoms. The molecule has 4 N–H and O–H groups in total. The van der Waals surface area contributed by atoms with E-state index in [9.17, 15) is 18.0 Å². The third-order valence-electron chi connectivity index (χ3n) is 6.56. The molecule has 0 fully saturated rings. The molecule has 0 saturated carbocycles. The quantitative estimate of drug-likeness (QED) is 0.161. The summed E-state index contributed by atoms with van der Waals surface area (Å²) >= 11 is 0. The Bertz CT molecular complexity index is 1710. The molecule has 4 aromatic rings. The van der Waals surface area contributed by atoms with Gasteiger partial charge in [0.05, 0.1) is 40.7 Å². The van der Waals surface area contributed by atoms with E-state index in [1.165, 1.54) is 32.4 Å². The van der Waals surface area contributed by atoms with E-state index in [1.54, 1.807) is 54.1 Å². The molecule has 1 aromatic heterocycles. The van der Waals surface area contributed by atoms with E-state index in [0.29, 0.717) is 22.4 Å². The summed E-state index contributed by atoms with van der Waals surface area (Å²) in [6.45, 7) is 1.87. The van der Waals surface area contributed by atoms with Crippen molar-refractivity contribution in [2.24, 2.45) is 12.8 Å². The van der Waals surface area contributed by atoms with Crippen LogP contribution in [-0.4, -0.2) is 56.4 Å². The van der Waals surface area contributed by atoms with E-state index in [-0.39, 0.29) is 34.9 Å². The Balaban J connectivity index is 1.83. The summed E-state index contributed by atoms with van der Waals surface area (Å²) in [7, 11) is 0.410. The van der Waals surface area contributed by atoms with Gasteiger partial charge in [-0.1, -0.05) is 42.0 Å². The molecule has 11 nitrogen and oxygen atoms in total. The zero-order valence-corrected chi connectivity index (χ0v) is 23.4. The number of imidazole rings is 1. The van der Waals surface area contributed by atoms with Crippen molar-refractivity contribution in [2.45, 2.75) is 18.2 Å². The van der Waals surface area contributed by atoms with Gasteiger partial charge in [-0.05, 0) is 31.2 Å². The number of nitrogen functional groups attached to an aromatic ring is 1. The van der Waals surface area contributed by atoms with Gasteiger partial charge in [0.2, 0.25) is 0 Å². The summed E-state index contributed by atoms with van der Waals surface area (Å²) in [5.74, 6) is -0.532. The van der Waals surface area contributed by atoms with Crippen molar-refractivity contribution in [3.8, 4) is 11.4 Å². The second kappa shape index (κ2) is 11.2. The van der Waals surface area contributed by atoms with Crippen molar-refractivity contribution in [3.05, 3.63) is 77.4 Å². The number of nitrogens with zero attached hydrogens (tertiary/aromatic N) is 3. The number of nitrogens with two attached hydrogens (primary N) is 1. The Labute approximate surface area is 232 Å². The maximum atomic E-state index is 13.6. The van der Waals surface area contributed by atoms with Crippen LogP contribution in [0.3, 0.4) is 0 Å². The van der Waals surface area contributed by atoms with Crippen LogP contribution in [-0.2, 0) is 26.6 Å². The minimum Gasteiger partial charge on any atom is -0.469 e. The smallest absolute Gasteiger partial charge is 0.307 e. The molecule has 0 aliphatic heterocycles. The van der Waals surface area contributed by atoms with Crippen molar-refractivity contribution in [3.63, 3.8) is 0 Å². The molecule has 0 unspecified atom stereocenters. The van der Waals surface area contributed by atoms with Crippen LogP contribution < -0.4 is 15.4 Å². The fraction of sp³-hybridized carbons (Fsp3) is 0.214.